The van der Waals surface area contributed by atoms with Crippen LogP contribution in [0.1, 0.15) is 18.4 Å². The SMILES string of the molecule is CNNC(=O)CCCc1ccc(OC)cc1. The molecular formula is C12H18N2O2. The fourth-order valence-electron chi connectivity index (χ4n) is 1.45. The molecule has 1 rings (SSSR count). The molecule has 4 heteroatoms. The van der Waals surface area contributed by atoms with E-state index >= 15 is 0 Å². The van der Waals surface area contributed by atoms with E-state index in [1.807, 2.05) is 24.3 Å². The first-order chi connectivity index (χ1) is 7.76. The summed E-state index contributed by atoms with van der Waals surface area (Å²) in [5.74, 6) is 0.882. The van der Waals surface area contributed by atoms with E-state index in [9.17, 15) is 4.79 Å². The van der Waals surface area contributed by atoms with Gasteiger partial charge in [-0.2, -0.15) is 0 Å². The van der Waals surface area contributed by atoms with Crippen molar-refractivity contribution in [2.24, 2.45) is 0 Å². The molecule has 0 spiro atoms. The van der Waals surface area contributed by atoms with E-state index in [1.165, 1.54) is 5.56 Å². The van der Waals surface area contributed by atoms with Crippen LogP contribution in [0.4, 0.5) is 0 Å². The van der Waals surface area contributed by atoms with E-state index in [0.717, 1.165) is 18.6 Å². The van der Waals surface area contributed by atoms with Crippen molar-refractivity contribution in [2.45, 2.75) is 19.3 Å². The molecule has 0 saturated carbocycles. The van der Waals surface area contributed by atoms with E-state index in [0.29, 0.717) is 6.42 Å². The van der Waals surface area contributed by atoms with Crippen molar-refractivity contribution < 1.29 is 9.53 Å². The predicted molar refractivity (Wildman–Crippen MR) is 63.1 cm³/mol. The van der Waals surface area contributed by atoms with Gasteiger partial charge in [-0.3, -0.25) is 10.2 Å². The van der Waals surface area contributed by atoms with E-state index < -0.39 is 0 Å². The Morgan fingerprint density at radius 1 is 1.31 bits per heavy atom. The lowest BCUT2D eigenvalue weighted by molar-refractivity contribution is -0.122. The number of benzene rings is 1. The predicted octanol–water partition coefficient (Wildman–Crippen LogP) is 1.27. The van der Waals surface area contributed by atoms with Gasteiger partial charge in [-0.15, -0.1) is 0 Å². The molecule has 0 heterocycles. The van der Waals surface area contributed by atoms with Crippen LogP contribution in [0.3, 0.4) is 0 Å². The van der Waals surface area contributed by atoms with Crippen molar-refractivity contribution in [1.82, 2.24) is 10.9 Å². The summed E-state index contributed by atoms with van der Waals surface area (Å²) in [5.41, 5.74) is 6.38. The number of carbonyl (C=O) groups excluding carboxylic acids is 1. The van der Waals surface area contributed by atoms with Crippen LogP contribution in [-0.4, -0.2) is 20.1 Å². The molecule has 0 saturated heterocycles. The minimum atomic E-state index is 0.0241. The highest BCUT2D eigenvalue weighted by Crippen LogP contribution is 2.12. The fraction of sp³-hybridized carbons (Fsp3) is 0.417. The summed E-state index contributed by atoms with van der Waals surface area (Å²) < 4.78 is 5.07. The van der Waals surface area contributed by atoms with Gasteiger partial charge in [-0.05, 0) is 30.5 Å². The van der Waals surface area contributed by atoms with Gasteiger partial charge in [0.25, 0.3) is 0 Å². The largest absolute Gasteiger partial charge is 0.497 e. The number of rotatable bonds is 6. The smallest absolute Gasteiger partial charge is 0.234 e. The summed E-state index contributed by atoms with van der Waals surface area (Å²) in [7, 11) is 3.33. The molecule has 1 aromatic carbocycles. The van der Waals surface area contributed by atoms with Gasteiger partial charge in [0, 0.05) is 13.5 Å². The third-order valence-electron chi connectivity index (χ3n) is 2.29. The molecule has 0 aliphatic rings. The van der Waals surface area contributed by atoms with E-state index in [2.05, 4.69) is 10.9 Å². The lowest BCUT2D eigenvalue weighted by atomic mass is 10.1. The molecule has 2 N–H and O–H groups in total. The van der Waals surface area contributed by atoms with Crippen LogP contribution in [0.25, 0.3) is 0 Å². The third-order valence-corrected chi connectivity index (χ3v) is 2.29. The molecule has 0 unspecified atom stereocenters. The summed E-state index contributed by atoms with van der Waals surface area (Å²) in [4.78, 5) is 11.1. The average molecular weight is 222 g/mol. The van der Waals surface area contributed by atoms with Crippen LogP contribution < -0.4 is 15.6 Å². The Morgan fingerprint density at radius 3 is 2.56 bits per heavy atom. The van der Waals surface area contributed by atoms with Crippen LogP contribution in [-0.2, 0) is 11.2 Å². The molecule has 0 atom stereocenters. The van der Waals surface area contributed by atoms with Gasteiger partial charge in [0.15, 0.2) is 0 Å². The highest BCUT2D eigenvalue weighted by atomic mass is 16.5. The van der Waals surface area contributed by atoms with Crippen molar-refractivity contribution in [3.8, 4) is 5.75 Å². The van der Waals surface area contributed by atoms with Crippen LogP contribution >= 0.6 is 0 Å². The molecule has 0 radical (unpaired) electrons. The Kier molecular flexibility index (Phi) is 5.36. The average Bonchev–Trinajstić information content (AvgIpc) is 2.30. The zero-order valence-corrected chi connectivity index (χ0v) is 9.75. The number of methoxy groups -OCH3 is 1. The zero-order chi connectivity index (χ0) is 11.8. The first-order valence-electron chi connectivity index (χ1n) is 5.34. The molecule has 0 fully saturated rings. The standard InChI is InChI=1S/C12H18N2O2/c1-13-14-12(15)5-3-4-10-6-8-11(16-2)9-7-10/h6-9,13H,3-5H2,1-2H3,(H,14,15). The van der Waals surface area contributed by atoms with Gasteiger partial charge in [0.1, 0.15) is 5.75 Å². The molecule has 1 amide bonds. The number of amides is 1. The minimum absolute atomic E-state index is 0.0241. The molecular weight excluding hydrogens is 204 g/mol. The number of hydrazine groups is 1. The van der Waals surface area contributed by atoms with Crippen molar-refractivity contribution in [2.75, 3.05) is 14.2 Å². The Labute approximate surface area is 96.0 Å². The van der Waals surface area contributed by atoms with E-state index in [4.69, 9.17) is 4.74 Å². The monoisotopic (exact) mass is 222 g/mol. The number of aryl methyl sites for hydroxylation is 1. The summed E-state index contributed by atoms with van der Waals surface area (Å²) in [6.45, 7) is 0. The van der Waals surface area contributed by atoms with Crippen LogP contribution in [0.15, 0.2) is 24.3 Å². The second kappa shape index (κ2) is 6.85. The van der Waals surface area contributed by atoms with Crippen molar-refractivity contribution in [3.63, 3.8) is 0 Å². The second-order valence-corrected chi connectivity index (χ2v) is 3.50. The Hall–Kier alpha value is -1.55. The number of ether oxygens (including phenoxy) is 1. The Bertz CT molecular complexity index is 322. The fourth-order valence-corrected chi connectivity index (χ4v) is 1.45. The van der Waals surface area contributed by atoms with Crippen molar-refractivity contribution in [3.05, 3.63) is 29.8 Å². The zero-order valence-electron chi connectivity index (χ0n) is 9.75. The first-order valence-corrected chi connectivity index (χ1v) is 5.34. The molecule has 0 aromatic heterocycles. The number of nitrogens with one attached hydrogen (secondary N) is 2. The molecule has 16 heavy (non-hydrogen) atoms. The number of hydrogen-bond donors (Lipinski definition) is 2. The maximum Gasteiger partial charge on any atom is 0.234 e. The number of hydrogen-bond acceptors (Lipinski definition) is 3. The summed E-state index contributed by atoms with van der Waals surface area (Å²) in [6, 6.07) is 7.91. The summed E-state index contributed by atoms with van der Waals surface area (Å²) in [5, 5.41) is 0. The van der Waals surface area contributed by atoms with Crippen LogP contribution in [0, 0.1) is 0 Å². The molecule has 0 bridgehead atoms. The lowest BCUT2D eigenvalue weighted by Gasteiger charge is -2.04. The minimum Gasteiger partial charge on any atom is -0.497 e. The third kappa shape index (κ3) is 4.31. The summed E-state index contributed by atoms with van der Waals surface area (Å²) in [6.07, 6.45) is 2.29. The van der Waals surface area contributed by atoms with Crippen LogP contribution in [0.5, 0.6) is 5.75 Å². The molecule has 0 aliphatic heterocycles. The van der Waals surface area contributed by atoms with Gasteiger partial charge in [0.05, 0.1) is 7.11 Å². The molecule has 0 aliphatic carbocycles. The maximum atomic E-state index is 11.1. The maximum absolute atomic E-state index is 11.1. The van der Waals surface area contributed by atoms with Crippen molar-refractivity contribution >= 4 is 5.91 Å². The van der Waals surface area contributed by atoms with E-state index in [1.54, 1.807) is 14.2 Å². The highest BCUT2D eigenvalue weighted by molar-refractivity contribution is 5.75. The first kappa shape index (κ1) is 12.5. The van der Waals surface area contributed by atoms with Gasteiger partial charge in [0.2, 0.25) is 5.91 Å². The summed E-state index contributed by atoms with van der Waals surface area (Å²) >= 11 is 0. The van der Waals surface area contributed by atoms with Gasteiger partial charge < -0.3 is 4.74 Å². The van der Waals surface area contributed by atoms with Crippen molar-refractivity contribution in [1.29, 1.82) is 0 Å². The Balaban J connectivity index is 2.29. The topological polar surface area (TPSA) is 50.4 Å². The Morgan fingerprint density at radius 2 is 2.00 bits per heavy atom. The normalized spacial score (nSPS) is 9.88. The second-order valence-electron chi connectivity index (χ2n) is 3.50. The molecule has 1 aromatic rings. The van der Waals surface area contributed by atoms with Gasteiger partial charge in [-0.25, -0.2) is 5.43 Å². The quantitative estimate of drug-likeness (QED) is 0.713. The number of carbonyl (C=O) groups is 1. The van der Waals surface area contributed by atoms with Crippen LogP contribution in [0.2, 0.25) is 0 Å². The molecule has 4 nitrogen and oxygen atoms in total. The lowest BCUT2D eigenvalue weighted by Crippen LogP contribution is -2.33. The van der Waals surface area contributed by atoms with E-state index in [-0.39, 0.29) is 5.91 Å². The van der Waals surface area contributed by atoms with Gasteiger partial charge in [-0.1, -0.05) is 12.1 Å². The molecule has 88 valence electrons. The van der Waals surface area contributed by atoms with Gasteiger partial charge >= 0.3 is 0 Å². The highest BCUT2D eigenvalue weighted by Gasteiger charge is 2.00.